The summed E-state index contributed by atoms with van der Waals surface area (Å²) in [4.78, 5) is 10.4. The average Bonchev–Trinajstić information content (AvgIpc) is 2.01. The average molecular weight is 182 g/mol. The van der Waals surface area contributed by atoms with E-state index in [1.165, 1.54) is 25.3 Å². The summed E-state index contributed by atoms with van der Waals surface area (Å²) in [7, 11) is 0. The third kappa shape index (κ3) is 2.87. The van der Waals surface area contributed by atoms with Crippen molar-refractivity contribution >= 4 is 5.97 Å². The highest BCUT2D eigenvalue weighted by Crippen LogP contribution is 2.41. The zero-order chi connectivity index (χ0) is 9.90. The number of carboxylic acids is 1. The summed E-state index contributed by atoms with van der Waals surface area (Å²) in [5, 5.41) is 8.53. The van der Waals surface area contributed by atoms with E-state index in [4.69, 9.17) is 5.11 Å². The van der Waals surface area contributed by atoms with E-state index in [-0.39, 0.29) is 5.41 Å². The third-order valence-corrected chi connectivity index (χ3v) is 3.06. The first-order valence-corrected chi connectivity index (χ1v) is 4.93. The van der Waals surface area contributed by atoms with Gasteiger partial charge in [-0.2, -0.15) is 0 Å². The lowest BCUT2D eigenvalue weighted by molar-refractivity contribution is -0.131. The molecule has 0 bridgehead atoms. The van der Waals surface area contributed by atoms with Crippen molar-refractivity contribution in [1.29, 1.82) is 0 Å². The second-order valence-corrected chi connectivity index (χ2v) is 4.54. The molecule has 0 amide bonds. The van der Waals surface area contributed by atoms with E-state index in [1.54, 1.807) is 0 Å². The van der Waals surface area contributed by atoms with Crippen LogP contribution in [-0.2, 0) is 4.79 Å². The Bertz CT molecular complexity index is 216. The van der Waals surface area contributed by atoms with E-state index in [0.717, 1.165) is 6.42 Å². The molecule has 1 aliphatic carbocycles. The fourth-order valence-corrected chi connectivity index (χ4v) is 2.08. The number of hydrogen-bond donors (Lipinski definition) is 1. The van der Waals surface area contributed by atoms with Crippen LogP contribution in [0.4, 0.5) is 0 Å². The van der Waals surface area contributed by atoms with Crippen LogP contribution in [0.15, 0.2) is 12.2 Å². The van der Waals surface area contributed by atoms with Gasteiger partial charge in [0, 0.05) is 6.08 Å². The maximum atomic E-state index is 10.4. The third-order valence-electron chi connectivity index (χ3n) is 3.06. The van der Waals surface area contributed by atoms with Gasteiger partial charge >= 0.3 is 5.97 Å². The molecule has 0 spiro atoms. The number of rotatable bonds is 2. The van der Waals surface area contributed by atoms with Gasteiger partial charge < -0.3 is 5.11 Å². The van der Waals surface area contributed by atoms with Crippen LogP contribution in [0.25, 0.3) is 0 Å². The van der Waals surface area contributed by atoms with E-state index in [1.807, 2.05) is 6.08 Å². The number of aliphatic carboxylic acids is 1. The van der Waals surface area contributed by atoms with Gasteiger partial charge in [-0.1, -0.05) is 32.8 Å². The molecule has 1 fully saturated rings. The molecule has 0 heterocycles. The molecule has 1 atom stereocenters. The number of carboxylic acid groups (broad SMARTS) is 1. The van der Waals surface area contributed by atoms with Crippen molar-refractivity contribution < 1.29 is 9.90 Å². The lowest BCUT2D eigenvalue weighted by Crippen LogP contribution is -2.26. The van der Waals surface area contributed by atoms with Gasteiger partial charge in [-0.15, -0.1) is 0 Å². The van der Waals surface area contributed by atoms with Crippen LogP contribution in [0.1, 0.15) is 39.5 Å². The van der Waals surface area contributed by atoms with Crippen LogP contribution in [-0.4, -0.2) is 11.1 Å². The van der Waals surface area contributed by atoms with Gasteiger partial charge in [0.1, 0.15) is 0 Å². The molecule has 0 aromatic carbocycles. The highest BCUT2D eigenvalue weighted by Gasteiger charge is 2.30. The second-order valence-electron chi connectivity index (χ2n) is 4.54. The molecule has 13 heavy (non-hydrogen) atoms. The summed E-state index contributed by atoms with van der Waals surface area (Å²) in [5.41, 5.74) is 0.282. The monoisotopic (exact) mass is 182 g/mol. The number of allylic oxidation sites excluding steroid dienone is 1. The smallest absolute Gasteiger partial charge is 0.327 e. The van der Waals surface area contributed by atoms with E-state index in [9.17, 15) is 4.79 Å². The molecule has 2 nitrogen and oxygen atoms in total. The standard InChI is InChI=1S/C11H18O2/c1-11(2)8-4-3-5-9(11)6-7-10(12)13/h6-7,9H,3-5,8H2,1-2H3,(H,12,13)/b7-6+. The molecular formula is C11H18O2. The summed E-state index contributed by atoms with van der Waals surface area (Å²) < 4.78 is 0. The summed E-state index contributed by atoms with van der Waals surface area (Å²) in [6.45, 7) is 4.45. The molecule has 0 saturated heterocycles. The van der Waals surface area contributed by atoms with Gasteiger partial charge in [-0.05, 0) is 24.2 Å². The van der Waals surface area contributed by atoms with Crippen molar-refractivity contribution in [2.75, 3.05) is 0 Å². The Balaban J connectivity index is 2.61. The first-order valence-electron chi connectivity index (χ1n) is 4.93. The first-order chi connectivity index (χ1) is 6.02. The molecule has 1 saturated carbocycles. The first kappa shape index (κ1) is 10.3. The molecule has 0 aliphatic heterocycles. The number of hydrogen-bond acceptors (Lipinski definition) is 1. The van der Waals surface area contributed by atoms with Crippen molar-refractivity contribution in [3.8, 4) is 0 Å². The zero-order valence-corrected chi connectivity index (χ0v) is 8.42. The van der Waals surface area contributed by atoms with E-state index < -0.39 is 5.97 Å². The lowest BCUT2D eigenvalue weighted by Gasteiger charge is -2.36. The quantitative estimate of drug-likeness (QED) is 0.667. The van der Waals surface area contributed by atoms with Crippen molar-refractivity contribution in [2.45, 2.75) is 39.5 Å². The molecule has 1 rings (SSSR count). The van der Waals surface area contributed by atoms with Crippen LogP contribution in [0.5, 0.6) is 0 Å². The van der Waals surface area contributed by atoms with Crippen LogP contribution < -0.4 is 0 Å². The molecular weight excluding hydrogens is 164 g/mol. The minimum atomic E-state index is -0.832. The fourth-order valence-electron chi connectivity index (χ4n) is 2.08. The van der Waals surface area contributed by atoms with E-state index in [2.05, 4.69) is 13.8 Å². The molecule has 2 heteroatoms. The summed E-state index contributed by atoms with van der Waals surface area (Å²) >= 11 is 0. The van der Waals surface area contributed by atoms with Crippen LogP contribution in [0, 0.1) is 11.3 Å². The van der Waals surface area contributed by atoms with Gasteiger partial charge in [0.15, 0.2) is 0 Å². The van der Waals surface area contributed by atoms with Gasteiger partial charge in [-0.25, -0.2) is 4.79 Å². The van der Waals surface area contributed by atoms with Crippen molar-refractivity contribution in [2.24, 2.45) is 11.3 Å². The predicted molar refractivity (Wildman–Crippen MR) is 52.5 cm³/mol. The Morgan fingerprint density at radius 1 is 1.46 bits per heavy atom. The Labute approximate surface area is 79.6 Å². The van der Waals surface area contributed by atoms with Gasteiger partial charge in [0.2, 0.25) is 0 Å². The highest BCUT2D eigenvalue weighted by atomic mass is 16.4. The number of carbonyl (C=O) groups is 1. The zero-order valence-electron chi connectivity index (χ0n) is 8.42. The fraction of sp³-hybridized carbons (Fsp3) is 0.727. The highest BCUT2D eigenvalue weighted by molar-refractivity contribution is 5.79. The predicted octanol–water partition coefficient (Wildman–Crippen LogP) is 2.84. The molecule has 0 aromatic heterocycles. The van der Waals surface area contributed by atoms with E-state index >= 15 is 0 Å². The Morgan fingerprint density at radius 2 is 2.15 bits per heavy atom. The normalized spacial score (nSPS) is 27.7. The van der Waals surface area contributed by atoms with Crippen LogP contribution in [0.3, 0.4) is 0 Å². The van der Waals surface area contributed by atoms with Gasteiger partial charge in [0.25, 0.3) is 0 Å². The van der Waals surface area contributed by atoms with E-state index in [0.29, 0.717) is 5.92 Å². The molecule has 0 radical (unpaired) electrons. The Kier molecular flexibility index (Phi) is 3.12. The summed E-state index contributed by atoms with van der Waals surface area (Å²) in [6, 6.07) is 0. The molecule has 74 valence electrons. The summed E-state index contributed by atoms with van der Waals surface area (Å²) in [6.07, 6.45) is 8.01. The lowest BCUT2D eigenvalue weighted by atomic mass is 9.69. The van der Waals surface area contributed by atoms with Crippen LogP contribution in [0.2, 0.25) is 0 Å². The topological polar surface area (TPSA) is 37.3 Å². The van der Waals surface area contributed by atoms with Crippen molar-refractivity contribution in [3.05, 3.63) is 12.2 Å². The SMILES string of the molecule is CC1(C)CCCCC1/C=C/C(=O)O. The Hall–Kier alpha value is -0.790. The summed E-state index contributed by atoms with van der Waals surface area (Å²) in [5.74, 6) is -0.390. The van der Waals surface area contributed by atoms with Crippen LogP contribution >= 0.6 is 0 Å². The second kappa shape index (κ2) is 3.95. The van der Waals surface area contributed by atoms with Crippen molar-refractivity contribution in [3.63, 3.8) is 0 Å². The van der Waals surface area contributed by atoms with Crippen molar-refractivity contribution in [1.82, 2.24) is 0 Å². The van der Waals surface area contributed by atoms with Gasteiger partial charge in [0.05, 0.1) is 0 Å². The minimum absolute atomic E-state index is 0.282. The van der Waals surface area contributed by atoms with Gasteiger partial charge in [-0.3, -0.25) is 0 Å². The molecule has 1 N–H and O–H groups in total. The maximum Gasteiger partial charge on any atom is 0.327 e. The molecule has 1 aliphatic rings. The molecule has 0 aromatic rings. The largest absolute Gasteiger partial charge is 0.478 e. The minimum Gasteiger partial charge on any atom is -0.478 e. The Morgan fingerprint density at radius 3 is 2.69 bits per heavy atom. The maximum absolute atomic E-state index is 10.4. The molecule has 1 unspecified atom stereocenters.